The minimum atomic E-state index is -0.253. The number of aryl methyl sites for hydroxylation is 1. The summed E-state index contributed by atoms with van der Waals surface area (Å²) >= 11 is 0. The Hall–Kier alpha value is -2.24. The van der Waals surface area contributed by atoms with Crippen molar-refractivity contribution in [1.82, 2.24) is 20.6 Å². The molecule has 1 amide bonds. The third kappa shape index (κ3) is 2.16. The Morgan fingerprint density at radius 3 is 2.67 bits per heavy atom. The summed E-state index contributed by atoms with van der Waals surface area (Å²) in [5, 5.41) is 15.3. The smallest absolute Gasteiger partial charge is 0.270 e. The lowest BCUT2D eigenvalue weighted by Gasteiger charge is -2.00. The van der Waals surface area contributed by atoms with Gasteiger partial charge in [0.05, 0.1) is 0 Å². The van der Waals surface area contributed by atoms with E-state index < -0.39 is 0 Å². The van der Waals surface area contributed by atoms with Crippen LogP contribution in [-0.4, -0.2) is 26.5 Å². The summed E-state index contributed by atoms with van der Waals surface area (Å²) in [6.45, 7) is 1.96. The highest BCUT2D eigenvalue weighted by Crippen LogP contribution is 2.04. The third-order valence-electron chi connectivity index (χ3n) is 1.88. The van der Waals surface area contributed by atoms with Gasteiger partial charge < -0.3 is 0 Å². The summed E-state index contributed by atoms with van der Waals surface area (Å²) in [6, 6.07) is 7.21. The number of carbonyl (C=O) groups excluding carboxylic acids is 1. The van der Waals surface area contributed by atoms with Crippen molar-refractivity contribution in [1.29, 1.82) is 0 Å². The number of benzene rings is 1. The van der Waals surface area contributed by atoms with Crippen molar-refractivity contribution in [3.8, 4) is 0 Å². The first-order valence-electron chi connectivity index (χ1n) is 4.37. The highest BCUT2D eigenvalue weighted by atomic mass is 16.1. The van der Waals surface area contributed by atoms with Gasteiger partial charge in [0.1, 0.15) is 0 Å². The molecule has 0 unspecified atom stereocenters. The van der Waals surface area contributed by atoms with Crippen LogP contribution in [0.1, 0.15) is 15.9 Å². The predicted octanol–water partition coefficient (Wildman–Crippen LogP) is 0.760. The summed E-state index contributed by atoms with van der Waals surface area (Å²) in [5.74, 6) is -0.0861. The number of amides is 1. The topological polar surface area (TPSA) is 83.6 Å². The van der Waals surface area contributed by atoms with Gasteiger partial charge >= 0.3 is 0 Å². The molecule has 0 aliphatic rings. The van der Waals surface area contributed by atoms with Crippen molar-refractivity contribution in [2.45, 2.75) is 6.92 Å². The summed E-state index contributed by atoms with van der Waals surface area (Å²) < 4.78 is 0. The maximum atomic E-state index is 11.6. The lowest BCUT2D eigenvalue weighted by atomic mass is 10.1. The highest BCUT2D eigenvalue weighted by Gasteiger charge is 2.07. The van der Waals surface area contributed by atoms with Crippen LogP contribution < -0.4 is 5.32 Å². The van der Waals surface area contributed by atoms with Crippen molar-refractivity contribution in [2.24, 2.45) is 0 Å². The summed E-state index contributed by atoms with van der Waals surface area (Å²) in [7, 11) is 0. The number of tetrazole rings is 1. The van der Waals surface area contributed by atoms with Gasteiger partial charge in [0.15, 0.2) is 0 Å². The molecule has 2 rings (SSSR count). The second kappa shape index (κ2) is 3.87. The Labute approximate surface area is 85.7 Å². The fourth-order valence-corrected chi connectivity index (χ4v) is 1.09. The number of nitrogens with one attached hydrogen (secondary N) is 2. The van der Waals surface area contributed by atoms with Gasteiger partial charge in [-0.15, -0.1) is 5.10 Å². The molecule has 6 heteroatoms. The molecule has 0 atom stereocenters. The summed E-state index contributed by atoms with van der Waals surface area (Å²) in [4.78, 5) is 11.6. The average molecular weight is 203 g/mol. The van der Waals surface area contributed by atoms with E-state index in [4.69, 9.17) is 0 Å². The van der Waals surface area contributed by atoms with E-state index in [0.717, 1.165) is 5.56 Å². The molecule has 2 N–H and O–H groups in total. The van der Waals surface area contributed by atoms with Gasteiger partial charge in [-0.3, -0.25) is 10.1 Å². The molecular weight excluding hydrogens is 194 g/mol. The molecule has 0 saturated heterocycles. The molecule has 6 nitrogen and oxygen atoms in total. The van der Waals surface area contributed by atoms with Gasteiger partial charge in [0.2, 0.25) is 0 Å². The van der Waals surface area contributed by atoms with Gasteiger partial charge in [0.25, 0.3) is 11.9 Å². The number of hydrogen-bond donors (Lipinski definition) is 2. The molecule has 0 aliphatic carbocycles. The summed E-state index contributed by atoms with van der Waals surface area (Å²) in [6.07, 6.45) is 0. The molecule has 0 bridgehead atoms. The molecular formula is C9H9N5O. The number of hydrogen-bond acceptors (Lipinski definition) is 4. The average Bonchev–Trinajstić information content (AvgIpc) is 2.71. The number of rotatable bonds is 2. The Balaban J connectivity index is 2.11. The van der Waals surface area contributed by atoms with E-state index in [-0.39, 0.29) is 11.9 Å². The van der Waals surface area contributed by atoms with Crippen LogP contribution in [0, 0.1) is 6.92 Å². The highest BCUT2D eigenvalue weighted by molar-refractivity contribution is 6.03. The van der Waals surface area contributed by atoms with E-state index in [1.54, 1.807) is 12.1 Å². The lowest BCUT2D eigenvalue weighted by molar-refractivity contribution is 0.102. The largest absolute Gasteiger partial charge is 0.288 e. The monoisotopic (exact) mass is 203 g/mol. The fraction of sp³-hybridized carbons (Fsp3) is 0.111. The molecule has 1 heterocycles. The van der Waals surface area contributed by atoms with E-state index in [1.165, 1.54) is 0 Å². The van der Waals surface area contributed by atoms with E-state index in [1.807, 2.05) is 19.1 Å². The second-order valence-electron chi connectivity index (χ2n) is 3.06. The Morgan fingerprint density at radius 1 is 1.33 bits per heavy atom. The predicted molar refractivity (Wildman–Crippen MR) is 53.3 cm³/mol. The van der Waals surface area contributed by atoms with Crippen molar-refractivity contribution in [2.75, 3.05) is 5.32 Å². The van der Waals surface area contributed by atoms with Crippen molar-refractivity contribution in [3.05, 3.63) is 35.4 Å². The van der Waals surface area contributed by atoms with E-state index in [0.29, 0.717) is 5.56 Å². The summed E-state index contributed by atoms with van der Waals surface area (Å²) in [5.41, 5.74) is 1.66. The zero-order valence-electron chi connectivity index (χ0n) is 8.06. The first-order valence-corrected chi connectivity index (χ1v) is 4.37. The van der Waals surface area contributed by atoms with Crippen LogP contribution in [0.5, 0.6) is 0 Å². The minimum absolute atomic E-state index is 0.167. The first-order chi connectivity index (χ1) is 7.25. The maximum absolute atomic E-state index is 11.6. The quantitative estimate of drug-likeness (QED) is 0.754. The van der Waals surface area contributed by atoms with Gasteiger partial charge in [-0.25, -0.2) is 0 Å². The first kappa shape index (κ1) is 9.32. The molecule has 0 fully saturated rings. The number of H-pyrrole nitrogens is 1. The van der Waals surface area contributed by atoms with Crippen LogP contribution in [0.15, 0.2) is 24.3 Å². The second-order valence-corrected chi connectivity index (χ2v) is 3.06. The Kier molecular flexibility index (Phi) is 2.40. The third-order valence-corrected chi connectivity index (χ3v) is 1.88. The zero-order chi connectivity index (χ0) is 10.7. The minimum Gasteiger partial charge on any atom is -0.288 e. The fourth-order valence-electron chi connectivity index (χ4n) is 1.09. The molecule has 0 spiro atoms. The number of aromatic nitrogens is 4. The van der Waals surface area contributed by atoms with E-state index in [9.17, 15) is 4.79 Å². The number of nitrogens with zero attached hydrogens (tertiary/aromatic N) is 3. The van der Waals surface area contributed by atoms with Gasteiger partial charge in [-0.2, -0.15) is 5.21 Å². The molecule has 1 aromatic heterocycles. The molecule has 2 aromatic rings. The van der Waals surface area contributed by atoms with Crippen molar-refractivity contribution < 1.29 is 4.79 Å². The molecule has 0 radical (unpaired) electrons. The molecule has 1 aromatic carbocycles. The molecule has 76 valence electrons. The van der Waals surface area contributed by atoms with Crippen LogP contribution in [0.3, 0.4) is 0 Å². The van der Waals surface area contributed by atoms with Crippen LogP contribution in [0.25, 0.3) is 0 Å². The zero-order valence-corrected chi connectivity index (χ0v) is 8.06. The SMILES string of the molecule is Cc1ccc(C(=O)Nc2nn[nH]n2)cc1. The Morgan fingerprint density at radius 2 is 2.07 bits per heavy atom. The lowest BCUT2D eigenvalue weighted by Crippen LogP contribution is -2.12. The number of carbonyl (C=O) groups is 1. The van der Waals surface area contributed by atoms with Crippen LogP contribution in [0.4, 0.5) is 5.95 Å². The van der Waals surface area contributed by atoms with E-state index in [2.05, 4.69) is 25.9 Å². The standard InChI is InChI=1S/C9H9N5O/c1-6-2-4-7(5-3-6)8(15)10-9-11-13-14-12-9/h2-5H,1H3,(H2,10,11,12,13,14,15). The molecule has 0 saturated carbocycles. The van der Waals surface area contributed by atoms with Gasteiger partial charge in [-0.05, 0) is 24.3 Å². The normalized spacial score (nSPS) is 9.93. The molecule has 15 heavy (non-hydrogen) atoms. The van der Waals surface area contributed by atoms with Crippen molar-refractivity contribution >= 4 is 11.9 Å². The number of anilines is 1. The van der Waals surface area contributed by atoms with Gasteiger partial charge in [-0.1, -0.05) is 22.8 Å². The van der Waals surface area contributed by atoms with Crippen molar-refractivity contribution in [3.63, 3.8) is 0 Å². The number of aromatic amines is 1. The Bertz CT molecular complexity index is 448. The maximum Gasteiger partial charge on any atom is 0.270 e. The van der Waals surface area contributed by atoms with E-state index >= 15 is 0 Å². The van der Waals surface area contributed by atoms with Crippen LogP contribution in [0.2, 0.25) is 0 Å². The van der Waals surface area contributed by atoms with Crippen LogP contribution >= 0.6 is 0 Å². The van der Waals surface area contributed by atoms with Crippen LogP contribution in [-0.2, 0) is 0 Å². The molecule has 0 aliphatic heterocycles. The van der Waals surface area contributed by atoms with Gasteiger partial charge in [0, 0.05) is 5.56 Å².